The number of imidazole rings is 1. The second-order valence-corrected chi connectivity index (χ2v) is 10.3. The summed E-state index contributed by atoms with van der Waals surface area (Å²) in [5, 5.41) is 14.4. The first-order chi connectivity index (χ1) is 19.2. The molecule has 4 aromatic rings. The van der Waals surface area contributed by atoms with Gasteiger partial charge in [-0.1, -0.05) is 87.6 Å². The van der Waals surface area contributed by atoms with E-state index in [1.165, 1.54) is 38.4 Å². The van der Waals surface area contributed by atoms with Gasteiger partial charge in [0.1, 0.15) is 5.82 Å². The van der Waals surface area contributed by atoms with E-state index >= 15 is 0 Å². The second-order valence-electron chi connectivity index (χ2n) is 10.3. The monoisotopic (exact) mass is 524 g/mol. The molecule has 2 aromatic heterocycles. The zero-order valence-corrected chi connectivity index (χ0v) is 22.8. The summed E-state index contributed by atoms with van der Waals surface area (Å²) >= 11 is 0. The van der Waals surface area contributed by atoms with Crippen molar-refractivity contribution in [3.8, 4) is 22.5 Å². The second kappa shape index (κ2) is 12.7. The Balaban J connectivity index is 1.43. The highest BCUT2D eigenvalue weighted by Gasteiger charge is 2.21. The number of carbonyl (C=O) groups is 1. The molecule has 1 N–H and O–H groups in total. The number of aromatic amines is 1. The Morgan fingerprint density at radius 2 is 1.87 bits per heavy atom. The maximum absolute atomic E-state index is 12.7. The lowest BCUT2D eigenvalue weighted by Crippen LogP contribution is -2.11. The van der Waals surface area contributed by atoms with Gasteiger partial charge >= 0.3 is 5.97 Å². The summed E-state index contributed by atoms with van der Waals surface area (Å²) in [6.07, 6.45) is 12.6. The van der Waals surface area contributed by atoms with Crippen molar-refractivity contribution in [2.45, 2.75) is 64.8 Å². The van der Waals surface area contributed by atoms with Crippen LogP contribution in [0.5, 0.6) is 0 Å². The van der Waals surface area contributed by atoms with Gasteiger partial charge in [0, 0.05) is 24.1 Å². The third-order valence-corrected chi connectivity index (χ3v) is 7.61. The van der Waals surface area contributed by atoms with Crippen LogP contribution in [0.2, 0.25) is 0 Å². The number of esters is 1. The van der Waals surface area contributed by atoms with E-state index < -0.39 is 0 Å². The van der Waals surface area contributed by atoms with Gasteiger partial charge in [-0.3, -0.25) is 0 Å². The summed E-state index contributed by atoms with van der Waals surface area (Å²) in [5.74, 6) is 1.99. The zero-order valence-electron chi connectivity index (χ0n) is 22.8. The van der Waals surface area contributed by atoms with Crippen molar-refractivity contribution < 1.29 is 9.53 Å². The first-order valence-corrected chi connectivity index (χ1v) is 13.9. The molecule has 0 aliphatic heterocycles. The van der Waals surface area contributed by atoms with Crippen LogP contribution in [0.3, 0.4) is 0 Å². The first kappa shape index (κ1) is 26.5. The molecule has 8 nitrogen and oxygen atoms in total. The Bertz CT molecular complexity index is 1400. The number of ether oxygens (including phenoxy) is 1. The van der Waals surface area contributed by atoms with E-state index in [4.69, 9.17) is 9.72 Å². The summed E-state index contributed by atoms with van der Waals surface area (Å²) < 4.78 is 7.41. The average Bonchev–Trinajstić information content (AvgIpc) is 3.76. The Kier molecular flexibility index (Phi) is 8.61. The number of unbranched alkanes of at least 4 members (excludes halogenated alkanes) is 1. The lowest BCUT2D eigenvalue weighted by molar-refractivity contribution is -0.136. The Labute approximate surface area is 229 Å². The molecule has 8 heteroatoms. The molecular weight excluding hydrogens is 488 g/mol. The number of hydrogen-bond acceptors (Lipinski definition) is 6. The van der Waals surface area contributed by atoms with E-state index in [-0.39, 0.29) is 5.97 Å². The molecule has 0 amide bonds. The van der Waals surface area contributed by atoms with Crippen molar-refractivity contribution >= 4 is 12.0 Å². The fourth-order valence-corrected chi connectivity index (χ4v) is 5.48. The van der Waals surface area contributed by atoms with E-state index in [0.29, 0.717) is 18.3 Å². The molecule has 0 spiro atoms. The van der Waals surface area contributed by atoms with Crippen LogP contribution >= 0.6 is 0 Å². The molecule has 1 saturated carbocycles. The van der Waals surface area contributed by atoms with Gasteiger partial charge in [-0.15, -0.1) is 5.10 Å². The van der Waals surface area contributed by atoms with Gasteiger partial charge in [-0.25, -0.2) is 14.9 Å². The number of nitrogens with zero attached hydrogens (tertiary/aromatic N) is 5. The molecule has 0 saturated heterocycles. The van der Waals surface area contributed by atoms with Gasteiger partial charge in [0.05, 0.1) is 19.0 Å². The normalized spacial score (nSPS) is 14.2. The topological polar surface area (TPSA) is 98.6 Å². The number of aromatic nitrogens is 6. The van der Waals surface area contributed by atoms with Crippen molar-refractivity contribution in [1.29, 1.82) is 0 Å². The van der Waals surface area contributed by atoms with Gasteiger partial charge < -0.3 is 9.30 Å². The Morgan fingerprint density at radius 1 is 1.10 bits per heavy atom. The van der Waals surface area contributed by atoms with Gasteiger partial charge in [0.2, 0.25) is 0 Å². The molecule has 1 aliphatic carbocycles. The SMILES string of the molecule is CCCCc1ncc(C=C(CC2CCCC2)C(=O)OC)n1Cc1ccc(-c2ccccc2-c2nnn[nH]2)cc1. The Morgan fingerprint density at radius 3 is 2.56 bits per heavy atom. The molecule has 0 unspecified atom stereocenters. The van der Waals surface area contributed by atoms with E-state index in [1.807, 2.05) is 30.5 Å². The van der Waals surface area contributed by atoms with Crippen LogP contribution in [-0.2, 0) is 22.5 Å². The van der Waals surface area contributed by atoms with Crippen molar-refractivity contribution in [1.82, 2.24) is 30.2 Å². The van der Waals surface area contributed by atoms with Crippen LogP contribution < -0.4 is 0 Å². The number of H-pyrrole nitrogens is 1. The zero-order chi connectivity index (χ0) is 27.0. The van der Waals surface area contributed by atoms with Crippen molar-refractivity contribution in [2.75, 3.05) is 7.11 Å². The number of hydrogen-bond donors (Lipinski definition) is 1. The molecule has 0 bridgehead atoms. The number of tetrazole rings is 1. The summed E-state index contributed by atoms with van der Waals surface area (Å²) in [6, 6.07) is 16.7. The molecular formula is C31H36N6O2. The molecule has 5 rings (SSSR count). The fraction of sp³-hybridized carbons (Fsp3) is 0.387. The van der Waals surface area contributed by atoms with Gasteiger partial charge in [0.15, 0.2) is 5.82 Å². The molecule has 202 valence electrons. The van der Waals surface area contributed by atoms with E-state index in [2.05, 4.69) is 62.4 Å². The Hall–Kier alpha value is -4.07. The highest BCUT2D eigenvalue weighted by atomic mass is 16.5. The standard InChI is InChI=1S/C31H36N6O2/c1-3-4-13-29-32-20-26(19-25(31(38)39-2)18-22-9-5-6-10-22)37(29)21-23-14-16-24(17-15-23)27-11-7-8-12-28(27)30-33-35-36-34-30/h7-8,11-12,14-17,19-20,22H,3-6,9-10,13,18,21H2,1-2H3,(H,33,34,35,36). The number of carbonyl (C=O) groups excluding carboxylic acids is 1. The van der Waals surface area contributed by atoms with Gasteiger partial charge in [-0.05, 0) is 52.0 Å². The quantitative estimate of drug-likeness (QED) is 0.184. The molecule has 39 heavy (non-hydrogen) atoms. The smallest absolute Gasteiger partial charge is 0.333 e. The highest BCUT2D eigenvalue weighted by Crippen LogP contribution is 2.32. The molecule has 1 aliphatic rings. The number of aryl methyl sites for hydroxylation is 1. The number of nitrogens with one attached hydrogen (secondary N) is 1. The van der Waals surface area contributed by atoms with Crippen LogP contribution in [0.1, 0.15) is 69.0 Å². The predicted octanol–water partition coefficient (Wildman–Crippen LogP) is 6.26. The van der Waals surface area contributed by atoms with Crippen LogP contribution in [0, 0.1) is 5.92 Å². The summed E-state index contributed by atoms with van der Waals surface area (Å²) in [4.78, 5) is 17.5. The molecule has 1 fully saturated rings. The number of benzene rings is 2. The minimum absolute atomic E-state index is 0.241. The maximum Gasteiger partial charge on any atom is 0.333 e. The fourth-order valence-electron chi connectivity index (χ4n) is 5.48. The molecule has 0 atom stereocenters. The number of methoxy groups -OCH3 is 1. The lowest BCUT2D eigenvalue weighted by Gasteiger charge is -2.14. The van der Waals surface area contributed by atoms with Crippen molar-refractivity contribution in [3.05, 3.63) is 77.4 Å². The lowest BCUT2D eigenvalue weighted by atomic mass is 9.97. The average molecular weight is 525 g/mol. The van der Waals surface area contributed by atoms with Crippen molar-refractivity contribution in [3.63, 3.8) is 0 Å². The molecule has 0 radical (unpaired) electrons. The van der Waals surface area contributed by atoms with Crippen LogP contribution in [0.15, 0.2) is 60.3 Å². The van der Waals surface area contributed by atoms with Crippen LogP contribution in [0.25, 0.3) is 28.6 Å². The maximum atomic E-state index is 12.7. The summed E-state index contributed by atoms with van der Waals surface area (Å²) in [7, 11) is 1.47. The minimum Gasteiger partial charge on any atom is -0.466 e. The predicted molar refractivity (Wildman–Crippen MR) is 152 cm³/mol. The summed E-state index contributed by atoms with van der Waals surface area (Å²) in [5.41, 5.74) is 5.96. The van der Waals surface area contributed by atoms with Crippen molar-refractivity contribution in [2.24, 2.45) is 5.92 Å². The summed E-state index contributed by atoms with van der Waals surface area (Å²) in [6.45, 7) is 2.87. The van der Waals surface area contributed by atoms with Gasteiger partial charge in [0.25, 0.3) is 0 Å². The third-order valence-electron chi connectivity index (χ3n) is 7.61. The van der Waals surface area contributed by atoms with E-state index in [1.54, 1.807) is 0 Å². The van der Waals surface area contributed by atoms with E-state index in [9.17, 15) is 4.79 Å². The first-order valence-electron chi connectivity index (χ1n) is 13.9. The largest absolute Gasteiger partial charge is 0.466 e. The molecule has 2 heterocycles. The third kappa shape index (κ3) is 6.33. The van der Waals surface area contributed by atoms with Crippen LogP contribution in [-0.4, -0.2) is 43.3 Å². The van der Waals surface area contributed by atoms with Crippen LogP contribution in [0.4, 0.5) is 0 Å². The number of rotatable bonds is 11. The minimum atomic E-state index is -0.241. The van der Waals surface area contributed by atoms with Gasteiger partial charge in [-0.2, -0.15) is 0 Å². The highest BCUT2D eigenvalue weighted by molar-refractivity contribution is 5.93. The van der Waals surface area contributed by atoms with E-state index in [0.717, 1.165) is 59.5 Å². The molecule has 2 aromatic carbocycles.